The van der Waals surface area contributed by atoms with Crippen LogP contribution in [0.5, 0.6) is 0 Å². The van der Waals surface area contributed by atoms with E-state index >= 15 is 0 Å². The fourth-order valence-electron chi connectivity index (χ4n) is 2.39. The number of rotatable bonds is 5. The van der Waals surface area contributed by atoms with Gasteiger partial charge < -0.3 is 5.32 Å². The maximum absolute atomic E-state index is 11.3. The maximum Gasteiger partial charge on any atom is 0.296 e. The van der Waals surface area contributed by atoms with Crippen molar-refractivity contribution in [3.63, 3.8) is 0 Å². The van der Waals surface area contributed by atoms with Gasteiger partial charge in [0.05, 0.1) is 0 Å². The highest BCUT2D eigenvalue weighted by Crippen LogP contribution is 2.59. The molecule has 0 rings (SSSR count). The summed E-state index contributed by atoms with van der Waals surface area (Å²) in [6, 6.07) is 0. The molecule has 2 nitrogen and oxygen atoms in total. The van der Waals surface area contributed by atoms with E-state index in [-0.39, 0.29) is 5.91 Å². The van der Waals surface area contributed by atoms with Gasteiger partial charge in [0.2, 0.25) is 0 Å². The average molecular weight is 414 g/mol. The maximum atomic E-state index is 11.3. The van der Waals surface area contributed by atoms with E-state index in [9.17, 15) is 4.79 Å². The molecule has 3 heteroatoms. The van der Waals surface area contributed by atoms with Crippen molar-refractivity contribution in [2.24, 2.45) is 0 Å². The molecule has 0 atom stereocenters. The van der Waals surface area contributed by atoms with Gasteiger partial charge in [-0.15, -0.1) is 6.58 Å². The fraction of sp³-hybridized carbons (Fsp3) is 0.720. The molecule has 28 heavy (non-hydrogen) atoms. The Balaban J connectivity index is -0.000000197. The molecule has 0 radical (unpaired) electrons. The van der Waals surface area contributed by atoms with E-state index in [0.29, 0.717) is 15.7 Å². The van der Waals surface area contributed by atoms with Gasteiger partial charge in [-0.2, -0.15) is 10.0 Å². The molecule has 0 aliphatic rings. The van der Waals surface area contributed by atoms with Crippen LogP contribution in [0.3, 0.4) is 0 Å². The lowest BCUT2D eigenvalue weighted by atomic mass is 10.2. The number of allylic oxidation sites excluding steroid dienone is 3. The van der Waals surface area contributed by atoms with Gasteiger partial charge in [-0.05, 0) is 47.7 Å². The predicted molar refractivity (Wildman–Crippen MR) is 136 cm³/mol. The summed E-state index contributed by atoms with van der Waals surface area (Å²) in [6.07, 6.45) is 6.29. The van der Waals surface area contributed by atoms with Crippen LogP contribution in [-0.2, 0) is 4.79 Å². The van der Waals surface area contributed by atoms with E-state index < -0.39 is 10.0 Å². The van der Waals surface area contributed by atoms with E-state index in [1.54, 1.807) is 7.05 Å². The van der Waals surface area contributed by atoms with Gasteiger partial charge in [-0.25, -0.2) is 0 Å². The number of nitrogens with one attached hydrogen (secondary N) is 1. The van der Waals surface area contributed by atoms with E-state index in [2.05, 4.69) is 98.4 Å². The Morgan fingerprint density at radius 3 is 1.54 bits per heavy atom. The standard InChI is InChI=1S/C13H25NOS.C6H12.C4H8.C2H6/c1-10(2)16(11(3)4,12(5)6)9-8-13(15)14-7;1-4-6(3)5-2;1-3-4-2;1-2/h10-12H,1-7H3,(H,14,15);4H,5H2,1-3H3;3H,1,4H2,2H3;1-2H3/b;6-4-;;. The lowest BCUT2D eigenvalue weighted by Gasteiger charge is -2.46. The summed E-state index contributed by atoms with van der Waals surface area (Å²) in [5.41, 5.74) is 1.47. The molecule has 0 aromatic heterocycles. The van der Waals surface area contributed by atoms with Crippen LogP contribution in [0.25, 0.3) is 0 Å². The van der Waals surface area contributed by atoms with E-state index in [1.165, 1.54) is 12.0 Å². The summed E-state index contributed by atoms with van der Waals surface area (Å²) >= 11 is 0. The summed E-state index contributed by atoms with van der Waals surface area (Å²) in [7, 11) is 0.546. The second-order valence-electron chi connectivity index (χ2n) is 6.90. The number of amides is 1. The van der Waals surface area contributed by atoms with Crippen LogP contribution in [0.2, 0.25) is 0 Å². The zero-order chi connectivity index (χ0) is 23.3. The molecule has 0 aliphatic carbocycles. The molecular weight excluding hydrogens is 362 g/mol. The molecule has 0 saturated heterocycles. The number of carbonyl (C=O) groups is 1. The summed E-state index contributed by atoms with van der Waals surface area (Å²) in [5, 5.41) is 7.41. The van der Waals surface area contributed by atoms with Crippen LogP contribution in [0.15, 0.2) is 24.3 Å². The number of hydrogen-bond donors (Lipinski definition) is 1. The molecule has 0 saturated carbocycles. The van der Waals surface area contributed by atoms with Gasteiger partial charge in [0.1, 0.15) is 0 Å². The quantitative estimate of drug-likeness (QED) is 0.363. The zero-order valence-corrected chi connectivity index (χ0v) is 22.1. The van der Waals surface area contributed by atoms with E-state index in [1.807, 2.05) is 19.9 Å². The van der Waals surface area contributed by atoms with Crippen molar-refractivity contribution in [1.82, 2.24) is 5.32 Å². The number of carbonyl (C=O) groups excluding carboxylic acids is 1. The second kappa shape index (κ2) is 22.2. The molecule has 0 heterocycles. The summed E-state index contributed by atoms with van der Waals surface area (Å²) in [5.74, 6) is 2.57. The minimum atomic E-state index is -1.07. The second-order valence-corrected chi connectivity index (χ2v) is 11.5. The number of hydrogen-bond acceptors (Lipinski definition) is 1. The predicted octanol–water partition coefficient (Wildman–Crippen LogP) is 7.69. The van der Waals surface area contributed by atoms with Crippen molar-refractivity contribution in [2.45, 2.75) is 112 Å². The van der Waals surface area contributed by atoms with Gasteiger partial charge >= 0.3 is 0 Å². The van der Waals surface area contributed by atoms with Gasteiger partial charge in [0.25, 0.3) is 5.91 Å². The lowest BCUT2D eigenvalue weighted by molar-refractivity contribution is -0.115. The normalized spacial score (nSPS) is 10.9. The molecule has 1 N–H and O–H groups in total. The first-order valence-corrected chi connectivity index (χ1v) is 12.6. The smallest absolute Gasteiger partial charge is 0.296 e. The van der Waals surface area contributed by atoms with Crippen molar-refractivity contribution >= 4 is 15.9 Å². The van der Waals surface area contributed by atoms with Crippen LogP contribution in [0.4, 0.5) is 0 Å². The minimum absolute atomic E-state index is 0.182. The zero-order valence-electron chi connectivity index (χ0n) is 21.3. The highest BCUT2D eigenvalue weighted by molar-refractivity contribution is 8.38. The van der Waals surface area contributed by atoms with Gasteiger partial charge in [-0.3, -0.25) is 4.79 Å². The SMILES string of the molecule is C/C=C(/C)CC.C=CCC.CC.CNC(=O)C#CS(C(C)C)(C(C)C)C(C)C. The molecule has 0 aliphatic heterocycles. The monoisotopic (exact) mass is 413 g/mol. The highest BCUT2D eigenvalue weighted by Gasteiger charge is 2.33. The van der Waals surface area contributed by atoms with Crippen molar-refractivity contribution in [3.8, 4) is 11.2 Å². The molecule has 168 valence electrons. The van der Waals surface area contributed by atoms with Crippen molar-refractivity contribution in [3.05, 3.63) is 24.3 Å². The lowest BCUT2D eigenvalue weighted by Crippen LogP contribution is -2.27. The van der Waals surface area contributed by atoms with Crippen molar-refractivity contribution in [2.75, 3.05) is 7.05 Å². The molecule has 0 bridgehead atoms. The Kier molecular flexibility index (Phi) is 27.2. The Morgan fingerprint density at radius 2 is 1.39 bits per heavy atom. The molecular formula is C25H51NOS. The first-order valence-electron chi connectivity index (χ1n) is 10.8. The Hall–Kier alpha value is -1.14. The first-order chi connectivity index (χ1) is 13.0. The molecule has 0 aromatic carbocycles. The van der Waals surface area contributed by atoms with E-state index in [4.69, 9.17) is 0 Å². The molecule has 0 aromatic rings. The highest BCUT2D eigenvalue weighted by atomic mass is 32.3. The molecule has 0 unspecified atom stereocenters. The Labute approximate surface area is 180 Å². The average Bonchev–Trinajstić information content (AvgIpc) is 2.68. The summed E-state index contributed by atoms with van der Waals surface area (Å²) < 4.78 is 0. The largest absolute Gasteiger partial charge is 0.348 e. The third kappa shape index (κ3) is 15.9. The third-order valence-electron chi connectivity index (χ3n) is 4.25. The van der Waals surface area contributed by atoms with Crippen molar-refractivity contribution in [1.29, 1.82) is 0 Å². The van der Waals surface area contributed by atoms with Crippen LogP contribution >= 0.6 is 10.0 Å². The van der Waals surface area contributed by atoms with Gasteiger partial charge in [-0.1, -0.05) is 87.0 Å². The minimum Gasteiger partial charge on any atom is -0.348 e. The van der Waals surface area contributed by atoms with Crippen LogP contribution < -0.4 is 5.32 Å². The molecule has 0 spiro atoms. The van der Waals surface area contributed by atoms with Gasteiger partial charge in [0.15, 0.2) is 0 Å². The van der Waals surface area contributed by atoms with Crippen LogP contribution in [0.1, 0.15) is 95.9 Å². The van der Waals surface area contributed by atoms with Gasteiger partial charge in [0, 0.05) is 13.0 Å². The molecule has 0 fully saturated rings. The van der Waals surface area contributed by atoms with Crippen LogP contribution in [-0.4, -0.2) is 28.7 Å². The Morgan fingerprint density at radius 1 is 1.04 bits per heavy atom. The van der Waals surface area contributed by atoms with Crippen LogP contribution in [0, 0.1) is 11.2 Å². The summed E-state index contributed by atoms with van der Waals surface area (Å²) in [4.78, 5) is 11.3. The first kappa shape index (κ1) is 34.4. The third-order valence-corrected chi connectivity index (χ3v) is 9.38. The fourth-order valence-corrected chi connectivity index (χ4v) is 6.63. The molecule has 1 amide bonds. The van der Waals surface area contributed by atoms with Crippen molar-refractivity contribution < 1.29 is 4.79 Å². The van der Waals surface area contributed by atoms with E-state index in [0.717, 1.165) is 6.42 Å². The topological polar surface area (TPSA) is 29.1 Å². The Bertz CT molecular complexity index is 443. The summed E-state index contributed by atoms with van der Waals surface area (Å²) in [6.45, 7) is 29.2.